The fourth-order valence-corrected chi connectivity index (χ4v) is 7.90. The van der Waals surface area contributed by atoms with E-state index in [0.717, 1.165) is 50.6 Å². The zero-order valence-corrected chi connectivity index (χ0v) is 23.3. The van der Waals surface area contributed by atoms with Crippen LogP contribution < -0.4 is 0 Å². The molecule has 0 radical (unpaired) electrons. The molecule has 1 saturated carbocycles. The first-order valence-corrected chi connectivity index (χ1v) is 15.2. The summed E-state index contributed by atoms with van der Waals surface area (Å²) in [5.41, 5.74) is 6.50. The Morgan fingerprint density at radius 2 is 1.51 bits per heavy atom. The molecular formula is C36H41NO2. The minimum absolute atomic E-state index is 0.228. The van der Waals surface area contributed by atoms with Gasteiger partial charge in [-0.15, -0.1) is 0 Å². The van der Waals surface area contributed by atoms with E-state index < -0.39 is 5.41 Å². The number of amides is 1. The van der Waals surface area contributed by atoms with Gasteiger partial charge in [-0.2, -0.15) is 0 Å². The van der Waals surface area contributed by atoms with Crippen LogP contribution in [-0.4, -0.2) is 22.6 Å². The van der Waals surface area contributed by atoms with Crippen molar-refractivity contribution in [2.45, 2.75) is 95.6 Å². The Balaban J connectivity index is 1.04. The average Bonchev–Trinajstić information content (AvgIpc) is 3.46. The molecule has 0 bridgehead atoms. The van der Waals surface area contributed by atoms with Crippen LogP contribution in [0.4, 0.5) is 0 Å². The van der Waals surface area contributed by atoms with Crippen molar-refractivity contribution >= 4 is 11.7 Å². The van der Waals surface area contributed by atoms with Crippen LogP contribution in [0, 0.1) is 5.92 Å². The number of carbonyl (C=O) groups excluding carboxylic acids is 2. The van der Waals surface area contributed by atoms with Crippen molar-refractivity contribution in [1.82, 2.24) is 4.90 Å². The molecule has 3 aliphatic rings. The zero-order valence-electron chi connectivity index (χ0n) is 23.3. The van der Waals surface area contributed by atoms with Crippen LogP contribution in [0.15, 0.2) is 72.8 Å². The van der Waals surface area contributed by atoms with Crippen LogP contribution >= 0.6 is 0 Å². The quantitative estimate of drug-likeness (QED) is 0.252. The fourth-order valence-electron chi connectivity index (χ4n) is 7.90. The number of ketones is 1. The second-order valence-electron chi connectivity index (χ2n) is 12.0. The lowest BCUT2D eigenvalue weighted by Crippen LogP contribution is -2.39. The van der Waals surface area contributed by atoms with Crippen LogP contribution in [0.5, 0.6) is 0 Å². The van der Waals surface area contributed by atoms with E-state index in [-0.39, 0.29) is 5.91 Å². The lowest BCUT2D eigenvalue weighted by atomic mass is 9.70. The van der Waals surface area contributed by atoms with Crippen molar-refractivity contribution in [3.8, 4) is 11.1 Å². The molecule has 3 aromatic carbocycles. The number of carbonyl (C=O) groups is 2. The molecule has 3 aromatic rings. The van der Waals surface area contributed by atoms with Gasteiger partial charge in [0.1, 0.15) is 5.78 Å². The number of hydrogen-bond acceptors (Lipinski definition) is 2. The third kappa shape index (κ3) is 4.64. The zero-order chi connectivity index (χ0) is 26.8. The Labute approximate surface area is 233 Å². The summed E-state index contributed by atoms with van der Waals surface area (Å²) in [5.74, 6) is 1.31. The van der Waals surface area contributed by atoms with Gasteiger partial charge < -0.3 is 4.90 Å². The highest BCUT2D eigenvalue weighted by atomic mass is 16.2. The molecular weight excluding hydrogens is 478 g/mol. The van der Waals surface area contributed by atoms with Gasteiger partial charge in [-0.05, 0) is 65.5 Å². The number of fused-ring (bicyclic) bond motifs is 4. The maximum absolute atomic E-state index is 14.0. The Morgan fingerprint density at radius 3 is 2.21 bits per heavy atom. The molecule has 202 valence electrons. The number of unbranched alkanes of at least 4 members (excludes halogenated alkanes) is 2. The maximum atomic E-state index is 14.0. The van der Waals surface area contributed by atoms with Crippen LogP contribution in [0.25, 0.3) is 11.1 Å². The number of Topliss-reactive ketones (excluding diaryl/α,β-unsaturated/α-hetero) is 1. The van der Waals surface area contributed by atoms with E-state index in [1.807, 2.05) is 18.2 Å². The van der Waals surface area contributed by atoms with Crippen molar-refractivity contribution in [3.63, 3.8) is 0 Å². The average molecular weight is 520 g/mol. The first-order chi connectivity index (χ1) is 19.1. The van der Waals surface area contributed by atoms with E-state index in [2.05, 4.69) is 66.4 Å². The van der Waals surface area contributed by atoms with E-state index in [1.54, 1.807) is 0 Å². The molecule has 0 N–H and O–H groups in total. The summed E-state index contributed by atoms with van der Waals surface area (Å²) < 4.78 is 0. The van der Waals surface area contributed by atoms with Gasteiger partial charge in [-0.1, -0.05) is 112 Å². The fraction of sp³-hybridized carbons (Fsp3) is 0.444. The molecule has 1 fully saturated rings. The first-order valence-electron chi connectivity index (χ1n) is 15.2. The molecule has 0 saturated heterocycles. The molecule has 0 aromatic heterocycles. The maximum Gasteiger partial charge on any atom is 0.254 e. The van der Waals surface area contributed by atoms with Crippen molar-refractivity contribution in [1.29, 1.82) is 0 Å². The molecule has 6 rings (SSSR count). The highest BCUT2D eigenvalue weighted by molar-refractivity contribution is 6.01. The van der Waals surface area contributed by atoms with E-state index in [0.29, 0.717) is 24.2 Å². The first kappa shape index (κ1) is 26.0. The lowest BCUT2D eigenvalue weighted by Gasteiger charge is -2.35. The largest absolute Gasteiger partial charge is 0.331 e. The highest BCUT2D eigenvalue weighted by Gasteiger charge is 2.47. The second kappa shape index (κ2) is 11.1. The van der Waals surface area contributed by atoms with Gasteiger partial charge in [0.2, 0.25) is 0 Å². The summed E-state index contributed by atoms with van der Waals surface area (Å²) in [6, 6.07) is 25.6. The Morgan fingerprint density at radius 1 is 0.846 bits per heavy atom. The lowest BCUT2D eigenvalue weighted by molar-refractivity contribution is -0.123. The molecule has 3 heteroatoms. The van der Waals surface area contributed by atoms with Crippen LogP contribution in [0.3, 0.4) is 0 Å². The molecule has 1 aliphatic heterocycles. The smallest absolute Gasteiger partial charge is 0.254 e. The summed E-state index contributed by atoms with van der Waals surface area (Å²) in [4.78, 5) is 29.2. The predicted octanol–water partition coefficient (Wildman–Crippen LogP) is 8.49. The Bertz CT molecular complexity index is 1310. The number of hydrogen-bond donors (Lipinski definition) is 0. The number of rotatable bonds is 10. The molecule has 2 atom stereocenters. The normalized spacial score (nSPS) is 20.9. The third-order valence-electron chi connectivity index (χ3n) is 9.73. The minimum atomic E-state index is -0.488. The number of benzene rings is 3. The standard InChI is InChI=1S/C36H41NO2/c1-2-23-36(32-20-10-8-18-30(32)31-19-9-11-21-33(31)36)34(38)22-5-3-4-13-26-14-12-16-28(24-26)37-25-27-15-6-7-17-29(27)35(37)39/h6-11,15,17-21,26,28H,2-5,12-14,16,22-25H2,1H3/t26-,28?/m0/s1. The van der Waals surface area contributed by atoms with Crippen molar-refractivity contribution in [3.05, 3.63) is 95.1 Å². The molecule has 0 spiro atoms. The van der Waals surface area contributed by atoms with Gasteiger partial charge in [0.05, 0.1) is 5.41 Å². The third-order valence-corrected chi connectivity index (χ3v) is 9.73. The van der Waals surface area contributed by atoms with E-state index in [1.165, 1.54) is 53.5 Å². The van der Waals surface area contributed by atoms with Crippen molar-refractivity contribution < 1.29 is 9.59 Å². The molecule has 3 nitrogen and oxygen atoms in total. The molecule has 39 heavy (non-hydrogen) atoms. The van der Waals surface area contributed by atoms with Gasteiger partial charge in [0.25, 0.3) is 5.91 Å². The van der Waals surface area contributed by atoms with E-state index >= 15 is 0 Å². The molecule has 1 amide bonds. The summed E-state index contributed by atoms with van der Waals surface area (Å²) >= 11 is 0. The Hall–Kier alpha value is -3.20. The summed E-state index contributed by atoms with van der Waals surface area (Å²) in [6.07, 6.45) is 11.7. The van der Waals surface area contributed by atoms with Gasteiger partial charge in [-0.25, -0.2) is 0 Å². The topological polar surface area (TPSA) is 37.4 Å². The minimum Gasteiger partial charge on any atom is -0.331 e. The molecule has 1 heterocycles. The molecule has 2 aliphatic carbocycles. The van der Waals surface area contributed by atoms with Gasteiger partial charge in [-0.3, -0.25) is 9.59 Å². The summed E-state index contributed by atoms with van der Waals surface area (Å²) in [7, 11) is 0. The number of nitrogens with zero attached hydrogens (tertiary/aromatic N) is 1. The van der Waals surface area contributed by atoms with Crippen molar-refractivity contribution in [2.75, 3.05) is 0 Å². The van der Waals surface area contributed by atoms with Crippen molar-refractivity contribution in [2.24, 2.45) is 5.92 Å². The van der Waals surface area contributed by atoms with Crippen LogP contribution in [0.2, 0.25) is 0 Å². The second-order valence-corrected chi connectivity index (χ2v) is 12.0. The SMILES string of the molecule is CCCC1(C(=O)CCCCC[C@H]2CCCC(N3Cc4ccccc4C3=O)C2)c2ccccc2-c2ccccc21. The summed E-state index contributed by atoms with van der Waals surface area (Å²) in [6.45, 7) is 2.98. The van der Waals surface area contributed by atoms with Gasteiger partial charge >= 0.3 is 0 Å². The van der Waals surface area contributed by atoms with Gasteiger partial charge in [0.15, 0.2) is 0 Å². The van der Waals surface area contributed by atoms with E-state index in [4.69, 9.17) is 0 Å². The Kier molecular flexibility index (Phi) is 7.42. The van der Waals surface area contributed by atoms with E-state index in [9.17, 15) is 9.59 Å². The van der Waals surface area contributed by atoms with Crippen LogP contribution in [0.1, 0.15) is 105 Å². The monoisotopic (exact) mass is 519 g/mol. The summed E-state index contributed by atoms with van der Waals surface area (Å²) in [5, 5.41) is 0. The molecule has 1 unspecified atom stereocenters. The highest BCUT2D eigenvalue weighted by Crippen LogP contribution is 2.52. The predicted molar refractivity (Wildman–Crippen MR) is 158 cm³/mol. The van der Waals surface area contributed by atoms with Crippen LogP contribution in [-0.2, 0) is 16.8 Å². The van der Waals surface area contributed by atoms with Gasteiger partial charge in [0, 0.05) is 24.6 Å².